The first-order chi connectivity index (χ1) is 18.2. The zero-order valence-corrected chi connectivity index (χ0v) is 26.7. The minimum absolute atomic E-state index is 0. The van der Waals surface area contributed by atoms with Crippen LogP contribution < -0.4 is 37.5 Å². The van der Waals surface area contributed by atoms with Gasteiger partial charge in [0.05, 0.1) is 41.4 Å². The number of pyridine rings is 1. The van der Waals surface area contributed by atoms with Crippen LogP contribution in [0.5, 0.6) is 0 Å². The van der Waals surface area contributed by atoms with E-state index in [0.29, 0.717) is 57.1 Å². The quantitative estimate of drug-likeness (QED) is 0.153. The summed E-state index contributed by atoms with van der Waals surface area (Å²) in [4.78, 5) is 11.3. The molecule has 0 amide bonds. The Bertz CT molecular complexity index is 1760. The molecular formula is C23H25Cl2LiN4O6S4. The van der Waals surface area contributed by atoms with Gasteiger partial charge in [0, 0.05) is 29.3 Å². The second-order valence-corrected chi connectivity index (χ2v) is 15.8. The number of hydrogen-bond acceptors (Lipinski definition) is 11. The first-order valence-electron chi connectivity index (χ1n) is 11.9. The van der Waals surface area contributed by atoms with E-state index in [4.69, 9.17) is 33.2 Å². The minimum Gasteiger partial charge on any atom is -0.748 e. The molecule has 0 N–H and O–H groups in total. The van der Waals surface area contributed by atoms with Crippen molar-refractivity contribution >= 4 is 94.4 Å². The summed E-state index contributed by atoms with van der Waals surface area (Å²) >= 11 is 15.5. The topological polar surface area (TPSA) is 147 Å². The number of fused-ring (bicyclic) bond motifs is 2. The van der Waals surface area contributed by atoms with Crippen LogP contribution in [0.25, 0.3) is 22.5 Å². The van der Waals surface area contributed by atoms with Gasteiger partial charge in [-0.15, -0.1) is 11.3 Å². The largest absolute Gasteiger partial charge is 1.00 e. The average Bonchev–Trinajstić information content (AvgIpc) is 3.40. The number of aromatic nitrogens is 3. The van der Waals surface area contributed by atoms with Crippen LogP contribution >= 0.6 is 45.9 Å². The van der Waals surface area contributed by atoms with Gasteiger partial charge < -0.3 is 14.0 Å². The maximum atomic E-state index is 11.2. The third-order valence-electron chi connectivity index (χ3n) is 6.19. The fourth-order valence-electron chi connectivity index (χ4n) is 3.98. The number of anilines is 1. The maximum absolute atomic E-state index is 11.2. The summed E-state index contributed by atoms with van der Waals surface area (Å²) in [6.07, 6.45) is 8.52. The zero-order chi connectivity index (χ0) is 28.5. The van der Waals surface area contributed by atoms with Gasteiger partial charge >= 0.3 is 24.5 Å². The molecule has 3 aromatic rings. The standard InChI is InChI=1S/C23H26Cl2N4O6S4.Li/c1-14(38(30,31)32)5-3-7-28-12-16(24)9-18-22(28)26-20(36-18)11-21-27-23-19(37-21)10-17(25)13-29(23)8-4-6-15(2)39(33,34)35;/h9-15H,3-8H2,1-2H3,(H-,30,31,32,33,34,35);/q;+1/p-1. The number of nitrogens with zero attached hydrogens (tertiary/aromatic N) is 4. The van der Waals surface area contributed by atoms with E-state index >= 15 is 0 Å². The van der Waals surface area contributed by atoms with Crippen molar-refractivity contribution in [1.29, 1.82) is 0 Å². The second kappa shape index (κ2) is 13.5. The molecule has 0 aromatic carbocycles. The SMILES string of the molecule is CC(CCCN1C=C(Cl)C=c2s/c(=C/c3nc4c(cc(Cl)c[n+]4CCCC(C)S(=O)(=O)[O-])s3)nc21)S(=O)(=O)[O-].[Li+]. The van der Waals surface area contributed by atoms with Gasteiger partial charge in [0.25, 0.3) is 0 Å². The van der Waals surface area contributed by atoms with E-state index < -0.39 is 30.7 Å². The van der Waals surface area contributed by atoms with E-state index in [-0.39, 0.29) is 31.7 Å². The van der Waals surface area contributed by atoms with Crippen molar-refractivity contribution in [2.24, 2.45) is 0 Å². The summed E-state index contributed by atoms with van der Waals surface area (Å²) in [5, 5.41) is -0.215. The number of halogens is 2. The van der Waals surface area contributed by atoms with Crippen LogP contribution in [0.15, 0.2) is 23.5 Å². The van der Waals surface area contributed by atoms with Crippen molar-refractivity contribution in [2.45, 2.75) is 56.6 Å². The van der Waals surface area contributed by atoms with E-state index in [2.05, 4.69) is 0 Å². The number of hydrogen-bond donors (Lipinski definition) is 0. The van der Waals surface area contributed by atoms with Crippen LogP contribution in [0.1, 0.15) is 44.5 Å². The number of allylic oxidation sites excluding steroid dienone is 1. The summed E-state index contributed by atoms with van der Waals surface area (Å²) in [7, 11) is -8.65. The molecule has 1 aliphatic heterocycles. The van der Waals surface area contributed by atoms with Crippen molar-refractivity contribution in [2.75, 3.05) is 11.4 Å². The molecule has 212 valence electrons. The normalized spacial score (nSPS) is 15.8. The smallest absolute Gasteiger partial charge is 0.748 e. The van der Waals surface area contributed by atoms with Crippen molar-refractivity contribution in [3.8, 4) is 0 Å². The van der Waals surface area contributed by atoms with Gasteiger partial charge in [0.2, 0.25) is 5.01 Å². The first-order valence-corrected chi connectivity index (χ1v) is 17.3. The minimum atomic E-state index is -4.33. The van der Waals surface area contributed by atoms with Crippen LogP contribution in [0, 0.1) is 0 Å². The third-order valence-corrected chi connectivity index (χ3v) is 10.9. The molecule has 0 spiro atoms. The second-order valence-electron chi connectivity index (χ2n) is 9.22. The van der Waals surface area contributed by atoms with Gasteiger partial charge in [0.1, 0.15) is 15.6 Å². The van der Waals surface area contributed by atoms with Crippen LogP contribution in [0.3, 0.4) is 0 Å². The summed E-state index contributed by atoms with van der Waals surface area (Å²) in [5.74, 6) is 0.690. The van der Waals surface area contributed by atoms with Gasteiger partial charge in [-0.1, -0.05) is 34.5 Å². The fraction of sp³-hybridized carbons (Fsp3) is 0.435. The summed E-state index contributed by atoms with van der Waals surface area (Å²) in [6.45, 7) is 3.71. The van der Waals surface area contributed by atoms with Gasteiger partial charge in [-0.25, -0.2) is 26.4 Å². The van der Waals surface area contributed by atoms with Gasteiger partial charge in [-0.05, 0) is 56.7 Å². The predicted octanol–water partition coefficient (Wildman–Crippen LogP) is -0.365. The number of thiazole rings is 2. The van der Waals surface area contributed by atoms with Gasteiger partial charge in [-0.3, -0.25) is 0 Å². The molecule has 3 aromatic heterocycles. The monoisotopic (exact) mass is 658 g/mol. The maximum Gasteiger partial charge on any atom is 1.00 e. The average molecular weight is 660 g/mol. The summed E-state index contributed by atoms with van der Waals surface area (Å²) in [5.41, 5.74) is 0.690. The van der Waals surface area contributed by atoms with Crippen molar-refractivity contribution < 1.29 is 49.4 Å². The molecule has 40 heavy (non-hydrogen) atoms. The number of rotatable bonds is 11. The molecule has 0 radical (unpaired) electrons. The van der Waals surface area contributed by atoms with Crippen molar-refractivity contribution in [3.05, 3.63) is 42.7 Å². The molecular weight excluding hydrogens is 634 g/mol. The van der Waals surface area contributed by atoms with E-state index in [1.54, 1.807) is 12.4 Å². The molecule has 2 atom stereocenters. The molecule has 10 nitrogen and oxygen atoms in total. The van der Waals surface area contributed by atoms with Crippen molar-refractivity contribution in [1.82, 2.24) is 9.97 Å². The fourth-order valence-corrected chi connectivity index (χ4v) is 7.49. The van der Waals surface area contributed by atoms with Gasteiger partial charge in [0.15, 0.2) is 5.82 Å². The molecule has 0 bridgehead atoms. The van der Waals surface area contributed by atoms with Crippen LogP contribution in [0.4, 0.5) is 5.82 Å². The zero-order valence-electron chi connectivity index (χ0n) is 21.9. The Balaban J connectivity index is 0.00000441. The molecule has 0 aliphatic carbocycles. The Morgan fingerprint density at radius 2 is 1.70 bits per heavy atom. The Hall–Kier alpha value is -1.05. The van der Waals surface area contributed by atoms with Crippen LogP contribution in [0.2, 0.25) is 5.02 Å². The van der Waals surface area contributed by atoms with Crippen molar-refractivity contribution in [3.63, 3.8) is 0 Å². The van der Waals surface area contributed by atoms with E-state index in [9.17, 15) is 25.9 Å². The summed E-state index contributed by atoms with van der Waals surface area (Å²) in [6, 6.07) is 1.81. The van der Waals surface area contributed by atoms with Crippen LogP contribution in [-0.2, 0) is 26.8 Å². The molecule has 4 heterocycles. The van der Waals surface area contributed by atoms with Gasteiger partial charge in [-0.2, -0.15) is 0 Å². The molecule has 4 rings (SSSR count). The van der Waals surface area contributed by atoms with Crippen LogP contribution in [-0.4, -0.2) is 53.0 Å². The summed E-state index contributed by atoms with van der Waals surface area (Å²) < 4.78 is 71.4. The number of aryl methyl sites for hydroxylation is 1. The molecule has 0 saturated carbocycles. The van der Waals surface area contributed by atoms with E-state index in [1.807, 2.05) is 27.7 Å². The molecule has 17 heteroatoms. The Kier molecular flexibility index (Phi) is 11.3. The Labute approximate surface area is 262 Å². The van der Waals surface area contributed by atoms with E-state index in [1.165, 1.54) is 36.5 Å². The molecule has 0 fully saturated rings. The molecule has 1 aliphatic rings. The van der Waals surface area contributed by atoms with E-state index in [0.717, 1.165) is 9.23 Å². The molecule has 0 saturated heterocycles. The Morgan fingerprint density at radius 1 is 1.05 bits per heavy atom. The third kappa shape index (κ3) is 8.50. The predicted molar refractivity (Wildman–Crippen MR) is 152 cm³/mol. The first kappa shape index (κ1) is 33.4. The Morgan fingerprint density at radius 3 is 2.35 bits per heavy atom. The molecule has 2 unspecified atom stereocenters.